The van der Waals surface area contributed by atoms with E-state index < -0.39 is 0 Å². The molecule has 0 aromatic rings. The van der Waals surface area contributed by atoms with Gasteiger partial charge in [-0.15, -0.1) is 4.65 Å². The first kappa shape index (κ1) is 32.5. The van der Waals surface area contributed by atoms with Gasteiger partial charge in [0.05, 0.1) is 6.42 Å². The van der Waals surface area contributed by atoms with Crippen molar-refractivity contribution in [3.05, 3.63) is 0 Å². The molecule has 0 unspecified atom stereocenters. The maximum Gasteiger partial charge on any atom is 0.366 e. The Balaban J connectivity index is 1.92. The van der Waals surface area contributed by atoms with Crippen LogP contribution in [-0.2, 0) is 9.63 Å². The van der Waals surface area contributed by atoms with Crippen LogP contribution >= 0.6 is 0 Å². The first-order valence-corrected chi connectivity index (χ1v) is 15.8. The van der Waals surface area contributed by atoms with Crippen molar-refractivity contribution in [2.75, 3.05) is 7.05 Å². The second-order valence-corrected chi connectivity index (χ2v) is 13.0. The molecule has 1 rings (SSSR count). The fourth-order valence-electron chi connectivity index (χ4n) is 6.04. The number of unbranched alkanes of at least 4 members (excludes halogenated alkanes) is 18. The zero-order valence-electron chi connectivity index (χ0n) is 25.0. The largest absolute Gasteiger partial charge is 0.366 e. The van der Waals surface area contributed by atoms with Crippen LogP contribution in [0.3, 0.4) is 0 Å². The van der Waals surface area contributed by atoms with Gasteiger partial charge in [0, 0.05) is 12.8 Å². The summed E-state index contributed by atoms with van der Waals surface area (Å²) >= 11 is 0. The van der Waals surface area contributed by atoms with Crippen LogP contribution in [0.15, 0.2) is 0 Å². The molecular weight excluding hydrogens is 430 g/mol. The van der Waals surface area contributed by atoms with Crippen LogP contribution in [0.5, 0.6) is 0 Å². The lowest BCUT2D eigenvalue weighted by atomic mass is 9.79. The van der Waals surface area contributed by atoms with E-state index in [0.717, 1.165) is 25.7 Å². The number of hydrogen-bond donors (Lipinski definition) is 0. The number of piperidine rings is 1. The summed E-state index contributed by atoms with van der Waals surface area (Å²) in [6, 6.07) is 0. The molecule has 0 aliphatic carbocycles. The van der Waals surface area contributed by atoms with E-state index in [1.807, 2.05) is 0 Å². The van der Waals surface area contributed by atoms with Gasteiger partial charge in [0.2, 0.25) is 0 Å². The van der Waals surface area contributed by atoms with Gasteiger partial charge in [-0.1, -0.05) is 122 Å². The van der Waals surface area contributed by atoms with Crippen molar-refractivity contribution >= 4 is 5.97 Å². The third-order valence-electron chi connectivity index (χ3n) is 9.16. The predicted octanol–water partition coefficient (Wildman–Crippen LogP) is 10.5. The first-order valence-electron chi connectivity index (χ1n) is 15.8. The zero-order valence-corrected chi connectivity index (χ0v) is 25.0. The number of carbonyl (C=O) groups excluding carboxylic acids is 1. The molecule has 0 aromatic carbocycles. The highest BCUT2D eigenvalue weighted by molar-refractivity contribution is 5.68. The Kier molecular flexibility index (Phi) is 16.5. The van der Waals surface area contributed by atoms with Gasteiger partial charge in [-0.25, -0.2) is 4.79 Å². The molecule has 0 aromatic heterocycles. The van der Waals surface area contributed by atoms with Gasteiger partial charge in [-0.3, -0.25) is 4.84 Å². The molecule has 0 radical (unpaired) electrons. The SMILES string of the molecule is CCCCCCCCCCCCCCCCCCCCCC(=O)O[N+]1(C)C(C)(C)CCCC1(C)C. The fourth-order valence-corrected chi connectivity index (χ4v) is 6.04. The van der Waals surface area contributed by atoms with E-state index in [2.05, 4.69) is 41.7 Å². The molecule has 1 fully saturated rings. The summed E-state index contributed by atoms with van der Waals surface area (Å²) in [5, 5.41) is 0. The van der Waals surface area contributed by atoms with Crippen LogP contribution in [0.25, 0.3) is 0 Å². The van der Waals surface area contributed by atoms with E-state index in [4.69, 9.17) is 4.84 Å². The molecule has 0 bridgehead atoms. The van der Waals surface area contributed by atoms with Crippen molar-refractivity contribution in [1.82, 2.24) is 0 Å². The van der Waals surface area contributed by atoms with Crippen LogP contribution < -0.4 is 0 Å². The van der Waals surface area contributed by atoms with Crippen molar-refractivity contribution in [3.63, 3.8) is 0 Å². The number of quaternary nitrogens is 1. The maximum absolute atomic E-state index is 12.6. The summed E-state index contributed by atoms with van der Waals surface area (Å²) in [6.07, 6.45) is 30.1. The zero-order chi connectivity index (χ0) is 26.0. The van der Waals surface area contributed by atoms with E-state index >= 15 is 0 Å². The summed E-state index contributed by atoms with van der Waals surface area (Å²) in [6.45, 7) is 11.3. The van der Waals surface area contributed by atoms with Crippen LogP contribution in [0.4, 0.5) is 0 Å². The van der Waals surface area contributed by atoms with Crippen molar-refractivity contribution < 1.29 is 14.3 Å². The Morgan fingerprint density at radius 2 is 0.914 bits per heavy atom. The highest BCUT2D eigenvalue weighted by Gasteiger charge is 2.57. The minimum atomic E-state index is -0.0229. The lowest BCUT2D eigenvalue weighted by molar-refractivity contribution is -1.15. The molecular formula is C32H64NO2+. The smallest absolute Gasteiger partial charge is 0.276 e. The Hall–Kier alpha value is -0.570. The van der Waals surface area contributed by atoms with Gasteiger partial charge >= 0.3 is 5.97 Å². The van der Waals surface area contributed by atoms with E-state index in [1.165, 1.54) is 116 Å². The molecule has 0 N–H and O–H groups in total. The third kappa shape index (κ3) is 12.5. The van der Waals surface area contributed by atoms with Crippen LogP contribution in [-0.4, -0.2) is 28.7 Å². The van der Waals surface area contributed by atoms with E-state index in [0.29, 0.717) is 11.1 Å². The van der Waals surface area contributed by atoms with E-state index in [1.54, 1.807) is 0 Å². The summed E-state index contributed by atoms with van der Waals surface area (Å²) in [4.78, 5) is 18.8. The van der Waals surface area contributed by atoms with E-state index in [9.17, 15) is 4.79 Å². The van der Waals surface area contributed by atoms with Gasteiger partial charge in [0.1, 0.15) is 18.1 Å². The minimum Gasteiger partial charge on any atom is -0.276 e. The van der Waals surface area contributed by atoms with Crippen molar-refractivity contribution in [3.8, 4) is 0 Å². The fraction of sp³-hybridized carbons (Fsp3) is 0.969. The standard InChI is InChI=1S/C32H64NO2/c1-7-8-9-10-11-12-13-14-15-16-17-18-19-20-21-22-23-24-25-27-30(34)35-33(6)31(2,3)28-26-29-32(33,4)5/h7-29H2,1-6H3/q+1. The van der Waals surface area contributed by atoms with Gasteiger partial charge in [-0.05, 0) is 40.5 Å². The normalized spacial score (nSPS) is 18.5. The molecule has 208 valence electrons. The molecule has 3 heteroatoms. The van der Waals surface area contributed by atoms with Gasteiger partial charge in [0.25, 0.3) is 0 Å². The Morgan fingerprint density at radius 1 is 0.600 bits per heavy atom. The minimum absolute atomic E-state index is 0.0116. The average Bonchev–Trinajstić information content (AvgIpc) is 2.79. The summed E-state index contributed by atoms with van der Waals surface area (Å²) in [5.41, 5.74) is -0.0457. The van der Waals surface area contributed by atoms with Crippen molar-refractivity contribution in [2.45, 2.75) is 193 Å². The number of nitrogens with zero attached hydrogens (tertiary/aromatic N) is 1. The number of hydroxylamine groups is 3. The molecule has 1 heterocycles. The van der Waals surface area contributed by atoms with Gasteiger partial charge in [0.15, 0.2) is 0 Å². The maximum atomic E-state index is 12.6. The number of carbonyl (C=O) groups is 1. The molecule has 0 amide bonds. The lowest BCUT2D eigenvalue weighted by Gasteiger charge is -2.55. The number of likely N-dealkylation sites (tertiary alicyclic amines) is 1. The Morgan fingerprint density at radius 3 is 1.26 bits per heavy atom. The highest BCUT2D eigenvalue weighted by atomic mass is 16.8. The Labute approximate surface area is 220 Å². The monoisotopic (exact) mass is 494 g/mol. The average molecular weight is 495 g/mol. The topological polar surface area (TPSA) is 26.3 Å². The summed E-state index contributed by atoms with van der Waals surface area (Å²) in [5.74, 6) is -0.0116. The molecule has 1 aliphatic heterocycles. The summed E-state index contributed by atoms with van der Waals surface area (Å²) < 4.78 is 0.415. The second kappa shape index (κ2) is 17.8. The quantitative estimate of drug-likeness (QED) is 0.117. The van der Waals surface area contributed by atoms with Crippen molar-refractivity contribution in [2.24, 2.45) is 0 Å². The van der Waals surface area contributed by atoms with Crippen LogP contribution in [0.2, 0.25) is 0 Å². The molecule has 1 aliphatic rings. The predicted molar refractivity (Wildman–Crippen MR) is 152 cm³/mol. The molecule has 0 atom stereocenters. The highest BCUT2D eigenvalue weighted by Crippen LogP contribution is 2.44. The molecule has 3 nitrogen and oxygen atoms in total. The lowest BCUT2D eigenvalue weighted by Crippen LogP contribution is -2.71. The molecule has 35 heavy (non-hydrogen) atoms. The molecule has 0 spiro atoms. The van der Waals surface area contributed by atoms with E-state index in [-0.39, 0.29) is 17.0 Å². The van der Waals surface area contributed by atoms with Crippen LogP contribution in [0, 0.1) is 0 Å². The van der Waals surface area contributed by atoms with Gasteiger partial charge in [-0.2, -0.15) is 0 Å². The third-order valence-corrected chi connectivity index (χ3v) is 9.16. The molecule has 0 saturated carbocycles. The molecule has 1 saturated heterocycles. The number of hydrogen-bond acceptors (Lipinski definition) is 2. The van der Waals surface area contributed by atoms with Gasteiger partial charge < -0.3 is 0 Å². The first-order chi connectivity index (χ1) is 16.7. The second-order valence-electron chi connectivity index (χ2n) is 13.0. The summed E-state index contributed by atoms with van der Waals surface area (Å²) in [7, 11) is 2.12. The Bertz CT molecular complexity index is 524. The van der Waals surface area contributed by atoms with Crippen LogP contribution in [0.1, 0.15) is 182 Å². The van der Waals surface area contributed by atoms with Crippen molar-refractivity contribution in [1.29, 1.82) is 0 Å². The number of rotatable bonds is 21.